The van der Waals surface area contributed by atoms with Crippen molar-refractivity contribution in [2.24, 2.45) is 0 Å². The number of rotatable bonds is 0. The summed E-state index contributed by atoms with van der Waals surface area (Å²) in [6, 6.07) is 0. The highest BCUT2D eigenvalue weighted by Gasteiger charge is 2.47. The maximum atomic E-state index is 12.2. The van der Waals surface area contributed by atoms with Gasteiger partial charge in [0, 0.05) is 25.8 Å². The average molecular weight is 300 g/mol. The Hall–Kier alpha value is -0.910. The molecule has 0 saturated carbocycles. The molecule has 2 heterocycles. The number of thioether (sulfide) groups is 1. The van der Waals surface area contributed by atoms with Gasteiger partial charge in [-0.3, -0.25) is 4.79 Å². The molecule has 0 aromatic rings. The summed E-state index contributed by atoms with van der Waals surface area (Å²) < 4.78 is 5.45. The van der Waals surface area contributed by atoms with Gasteiger partial charge in [0.15, 0.2) is 0 Å². The summed E-state index contributed by atoms with van der Waals surface area (Å²) >= 11 is 1.80. The first-order chi connectivity index (χ1) is 9.23. The van der Waals surface area contributed by atoms with Crippen LogP contribution < -0.4 is 0 Å². The van der Waals surface area contributed by atoms with Crippen molar-refractivity contribution in [3.8, 4) is 0 Å². The predicted molar refractivity (Wildman–Crippen MR) is 79.6 cm³/mol. The van der Waals surface area contributed by atoms with E-state index in [1.165, 1.54) is 0 Å². The molecule has 2 aliphatic rings. The molecular formula is C14H24N2O3S. The summed E-state index contributed by atoms with van der Waals surface area (Å²) in [6.45, 7) is 9.29. The fourth-order valence-corrected chi connectivity index (χ4v) is 4.44. The van der Waals surface area contributed by atoms with Crippen LogP contribution in [0.3, 0.4) is 0 Å². The van der Waals surface area contributed by atoms with E-state index in [4.69, 9.17) is 4.74 Å². The molecule has 2 fully saturated rings. The topological polar surface area (TPSA) is 49.9 Å². The number of piperidine rings is 1. The quantitative estimate of drug-likeness (QED) is 0.689. The zero-order valence-electron chi connectivity index (χ0n) is 12.8. The second-order valence-electron chi connectivity index (χ2n) is 6.47. The number of hydrogen-bond acceptors (Lipinski definition) is 4. The highest BCUT2D eigenvalue weighted by molar-refractivity contribution is 8.00. The van der Waals surface area contributed by atoms with Gasteiger partial charge in [-0.2, -0.15) is 0 Å². The number of nitrogens with zero attached hydrogens (tertiary/aromatic N) is 2. The Bertz CT molecular complexity index is 408. The predicted octanol–water partition coefficient (Wildman–Crippen LogP) is 2.31. The maximum Gasteiger partial charge on any atom is 0.410 e. The second-order valence-corrected chi connectivity index (χ2v) is 7.93. The first kappa shape index (κ1) is 15.5. The van der Waals surface area contributed by atoms with Gasteiger partial charge in [-0.15, -0.1) is 11.8 Å². The van der Waals surface area contributed by atoms with E-state index in [0.717, 1.165) is 25.1 Å². The first-order valence-corrected chi connectivity index (χ1v) is 8.12. The van der Waals surface area contributed by atoms with Crippen LogP contribution in [-0.2, 0) is 9.53 Å². The number of carbonyl (C=O) groups excluding carboxylic acids is 2. The van der Waals surface area contributed by atoms with E-state index in [0.29, 0.717) is 13.1 Å². The van der Waals surface area contributed by atoms with Crippen molar-refractivity contribution in [1.82, 2.24) is 9.80 Å². The van der Waals surface area contributed by atoms with Gasteiger partial charge in [-0.25, -0.2) is 4.79 Å². The number of ether oxygens (including phenoxy) is 1. The van der Waals surface area contributed by atoms with Crippen molar-refractivity contribution >= 4 is 23.8 Å². The number of hydrogen-bond donors (Lipinski definition) is 0. The van der Waals surface area contributed by atoms with Crippen LogP contribution in [0.15, 0.2) is 0 Å². The summed E-state index contributed by atoms with van der Waals surface area (Å²) in [5, 5.41) is 0. The lowest BCUT2D eigenvalue weighted by molar-refractivity contribution is -0.132. The highest BCUT2D eigenvalue weighted by atomic mass is 32.2. The van der Waals surface area contributed by atoms with Gasteiger partial charge in [-0.1, -0.05) is 0 Å². The lowest BCUT2D eigenvalue weighted by Gasteiger charge is -2.44. The molecule has 114 valence electrons. The molecule has 2 saturated heterocycles. The van der Waals surface area contributed by atoms with E-state index in [1.54, 1.807) is 23.6 Å². The standard InChI is InChI=1S/C14H24N2O3S/c1-11(17)16-8-9-20-14(16)6-5-7-15(10-14)12(18)19-13(2,3)4/h5-10H2,1-4H3. The average Bonchev–Trinajstić information content (AvgIpc) is 2.70. The molecule has 20 heavy (non-hydrogen) atoms. The van der Waals surface area contributed by atoms with Crippen molar-refractivity contribution < 1.29 is 14.3 Å². The van der Waals surface area contributed by atoms with Crippen LogP contribution in [0.5, 0.6) is 0 Å². The van der Waals surface area contributed by atoms with E-state index >= 15 is 0 Å². The number of likely N-dealkylation sites (tertiary alicyclic amines) is 1. The summed E-state index contributed by atoms with van der Waals surface area (Å²) in [5.74, 6) is 1.04. The monoisotopic (exact) mass is 300 g/mol. The molecule has 0 bridgehead atoms. The molecule has 2 amide bonds. The Morgan fingerprint density at radius 2 is 1.95 bits per heavy atom. The first-order valence-electron chi connectivity index (χ1n) is 7.14. The summed E-state index contributed by atoms with van der Waals surface area (Å²) in [6.07, 6.45) is 1.60. The SMILES string of the molecule is CC(=O)N1CCSC12CCCN(C(=O)OC(C)(C)C)C2. The lowest BCUT2D eigenvalue weighted by atomic mass is 10.0. The minimum Gasteiger partial charge on any atom is -0.444 e. The van der Waals surface area contributed by atoms with Crippen molar-refractivity contribution in [1.29, 1.82) is 0 Å². The fraction of sp³-hybridized carbons (Fsp3) is 0.857. The van der Waals surface area contributed by atoms with E-state index in [2.05, 4.69) is 0 Å². The third kappa shape index (κ3) is 3.22. The van der Waals surface area contributed by atoms with E-state index in [-0.39, 0.29) is 16.9 Å². The zero-order chi connectivity index (χ0) is 15.0. The van der Waals surface area contributed by atoms with Gasteiger partial charge in [0.05, 0.1) is 6.54 Å². The molecular weight excluding hydrogens is 276 g/mol. The van der Waals surface area contributed by atoms with Crippen molar-refractivity contribution in [2.45, 2.75) is 51.0 Å². The van der Waals surface area contributed by atoms with Crippen LogP contribution >= 0.6 is 11.8 Å². The molecule has 1 spiro atoms. The van der Waals surface area contributed by atoms with Crippen molar-refractivity contribution in [3.63, 3.8) is 0 Å². The van der Waals surface area contributed by atoms with Crippen LogP contribution in [0.2, 0.25) is 0 Å². The molecule has 0 aliphatic carbocycles. The molecule has 2 rings (SSSR count). The number of carbonyl (C=O) groups is 2. The van der Waals surface area contributed by atoms with Crippen LogP contribution in [0.1, 0.15) is 40.5 Å². The third-order valence-electron chi connectivity index (χ3n) is 3.64. The van der Waals surface area contributed by atoms with E-state index in [9.17, 15) is 9.59 Å². The molecule has 0 radical (unpaired) electrons. The summed E-state index contributed by atoms with van der Waals surface area (Å²) in [4.78, 5) is 27.5. The minimum atomic E-state index is -0.481. The van der Waals surface area contributed by atoms with Crippen molar-refractivity contribution in [2.75, 3.05) is 25.4 Å². The van der Waals surface area contributed by atoms with Gasteiger partial charge in [0.25, 0.3) is 0 Å². The Kier molecular flexibility index (Phi) is 4.23. The van der Waals surface area contributed by atoms with E-state index in [1.807, 2.05) is 25.7 Å². The van der Waals surface area contributed by atoms with Gasteiger partial charge in [-0.05, 0) is 33.6 Å². The van der Waals surface area contributed by atoms with E-state index < -0.39 is 5.60 Å². The smallest absolute Gasteiger partial charge is 0.410 e. The molecule has 1 atom stereocenters. The van der Waals surface area contributed by atoms with Crippen LogP contribution in [-0.4, -0.2) is 57.7 Å². The van der Waals surface area contributed by atoms with Gasteiger partial charge < -0.3 is 14.5 Å². The molecule has 2 aliphatic heterocycles. The summed E-state index contributed by atoms with van der Waals surface area (Å²) in [5.41, 5.74) is -0.481. The second kappa shape index (κ2) is 5.47. The normalized spacial score (nSPS) is 27.0. The Morgan fingerprint density at radius 3 is 2.55 bits per heavy atom. The van der Waals surface area contributed by atoms with Crippen LogP contribution in [0, 0.1) is 0 Å². The molecule has 6 heteroatoms. The maximum absolute atomic E-state index is 12.2. The van der Waals surface area contributed by atoms with Crippen molar-refractivity contribution in [3.05, 3.63) is 0 Å². The molecule has 1 unspecified atom stereocenters. The largest absolute Gasteiger partial charge is 0.444 e. The van der Waals surface area contributed by atoms with Crippen LogP contribution in [0.25, 0.3) is 0 Å². The minimum absolute atomic E-state index is 0.0982. The zero-order valence-corrected chi connectivity index (χ0v) is 13.6. The van der Waals surface area contributed by atoms with Gasteiger partial charge in [0.1, 0.15) is 10.5 Å². The molecule has 0 aromatic carbocycles. The van der Waals surface area contributed by atoms with Crippen LogP contribution in [0.4, 0.5) is 4.79 Å². The highest BCUT2D eigenvalue weighted by Crippen LogP contribution is 2.42. The molecule has 5 nitrogen and oxygen atoms in total. The number of amides is 2. The molecule has 0 N–H and O–H groups in total. The van der Waals surface area contributed by atoms with Gasteiger partial charge in [0.2, 0.25) is 5.91 Å². The fourth-order valence-electron chi connectivity index (χ4n) is 2.88. The lowest BCUT2D eigenvalue weighted by Crippen LogP contribution is -2.57. The Balaban J connectivity index is 2.08. The Labute approximate surface area is 125 Å². The third-order valence-corrected chi connectivity index (χ3v) is 5.12. The Morgan fingerprint density at radius 1 is 1.25 bits per heavy atom. The molecule has 0 aromatic heterocycles. The summed E-state index contributed by atoms with van der Waals surface area (Å²) in [7, 11) is 0. The van der Waals surface area contributed by atoms with Gasteiger partial charge >= 0.3 is 6.09 Å².